The van der Waals surface area contributed by atoms with E-state index in [0.29, 0.717) is 5.75 Å². The van der Waals surface area contributed by atoms with Gasteiger partial charge in [-0.2, -0.15) is 0 Å². The van der Waals surface area contributed by atoms with Crippen LogP contribution in [0.5, 0.6) is 5.75 Å². The predicted molar refractivity (Wildman–Crippen MR) is 71.6 cm³/mol. The Bertz CT molecular complexity index is 469. The van der Waals surface area contributed by atoms with Crippen LogP contribution in [-0.4, -0.2) is 18.6 Å². The van der Waals surface area contributed by atoms with Gasteiger partial charge >= 0.3 is 0 Å². The number of methoxy groups -OCH3 is 1. The van der Waals surface area contributed by atoms with Crippen LogP contribution in [0.1, 0.15) is 26.7 Å². The van der Waals surface area contributed by atoms with Gasteiger partial charge in [0.05, 0.1) is 12.8 Å². The van der Waals surface area contributed by atoms with Gasteiger partial charge in [0.2, 0.25) is 5.91 Å². The Balaban J connectivity index is 2.33. The number of carbonyl (C=O) groups excluding carboxylic acids is 1. The number of para-hydroxylation sites is 2. The zero-order valence-corrected chi connectivity index (χ0v) is 11.1. The topological polar surface area (TPSA) is 64.3 Å². The van der Waals surface area contributed by atoms with Crippen molar-refractivity contribution in [2.75, 3.05) is 12.4 Å². The van der Waals surface area contributed by atoms with Crippen LogP contribution < -0.4 is 15.8 Å². The van der Waals surface area contributed by atoms with Crippen LogP contribution in [0.25, 0.3) is 0 Å². The van der Waals surface area contributed by atoms with E-state index in [1.807, 2.05) is 31.2 Å². The molecule has 1 amide bonds. The Morgan fingerprint density at radius 1 is 1.44 bits per heavy atom. The summed E-state index contributed by atoms with van der Waals surface area (Å²) >= 11 is 0. The van der Waals surface area contributed by atoms with Crippen molar-refractivity contribution in [2.45, 2.75) is 32.2 Å². The van der Waals surface area contributed by atoms with Crippen molar-refractivity contribution < 1.29 is 9.53 Å². The summed E-state index contributed by atoms with van der Waals surface area (Å²) in [4.78, 5) is 11.8. The first-order valence-electron chi connectivity index (χ1n) is 6.14. The van der Waals surface area contributed by atoms with Crippen molar-refractivity contribution in [1.29, 1.82) is 0 Å². The summed E-state index contributed by atoms with van der Waals surface area (Å²) in [5.41, 5.74) is 5.58. The summed E-state index contributed by atoms with van der Waals surface area (Å²) in [7, 11) is 1.61. The third kappa shape index (κ3) is 1.92. The Hall–Kier alpha value is -1.71. The number of rotatable bonds is 5. The minimum Gasteiger partial charge on any atom is -0.495 e. The molecule has 0 radical (unpaired) electrons. The van der Waals surface area contributed by atoms with E-state index in [0.717, 1.165) is 18.5 Å². The number of ether oxygens (including phenoxy) is 1. The maximum atomic E-state index is 11.8. The highest BCUT2D eigenvalue weighted by molar-refractivity contribution is 5.89. The summed E-state index contributed by atoms with van der Waals surface area (Å²) in [6.07, 6.45) is 2.02. The van der Waals surface area contributed by atoms with Gasteiger partial charge in [-0.1, -0.05) is 19.1 Å². The number of carbonyl (C=O) groups is 1. The molecule has 1 fully saturated rings. The highest BCUT2D eigenvalue weighted by Gasteiger charge is 2.56. The molecule has 0 aromatic heterocycles. The largest absolute Gasteiger partial charge is 0.495 e. The van der Waals surface area contributed by atoms with Gasteiger partial charge in [-0.3, -0.25) is 4.79 Å². The Morgan fingerprint density at radius 3 is 2.56 bits per heavy atom. The van der Waals surface area contributed by atoms with Crippen LogP contribution in [0.3, 0.4) is 0 Å². The average molecular weight is 248 g/mol. The summed E-state index contributed by atoms with van der Waals surface area (Å²) in [6, 6.07) is 7.55. The first kappa shape index (κ1) is 12.7. The molecule has 0 saturated heterocycles. The molecular weight excluding hydrogens is 228 g/mol. The molecule has 98 valence electrons. The van der Waals surface area contributed by atoms with Crippen LogP contribution in [-0.2, 0) is 4.79 Å². The van der Waals surface area contributed by atoms with E-state index in [-0.39, 0.29) is 11.3 Å². The van der Waals surface area contributed by atoms with Gasteiger partial charge in [-0.25, -0.2) is 0 Å². The number of amides is 1. The summed E-state index contributed by atoms with van der Waals surface area (Å²) in [6.45, 7) is 3.95. The first-order valence-corrected chi connectivity index (χ1v) is 6.14. The molecule has 0 spiro atoms. The third-order valence-electron chi connectivity index (χ3n) is 4.19. The lowest BCUT2D eigenvalue weighted by molar-refractivity contribution is -0.123. The van der Waals surface area contributed by atoms with Crippen molar-refractivity contribution >= 4 is 11.6 Å². The van der Waals surface area contributed by atoms with E-state index in [1.165, 1.54) is 0 Å². The van der Waals surface area contributed by atoms with Gasteiger partial charge in [-0.05, 0) is 37.3 Å². The van der Waals surface area contributed by atoms with E-state index in [9.17, 15) is 4.79 Å². The van der Waals surface area contributed by atoms with Gasteiger partial charge < -0.3 is 15.8 Å². The molecule has 0 heterocycles. The maximum Gasteiger partial charge on any atom is 0.243 e. The minimum absolute atomic E-state index is 0.0698. The van der Waals surface area contributed by atoms with Crippen molar-refractivity contribution in [3.05, 3.63) is 24.3 Å². The van der Waals surface area contributed by atoms with E-state index in [2.05, 4.69) is 12.2 Å². The monoisotopic (exact) mass is 248 g/mol. The smallest absolute Gasteiger partial charge is 0.243 e. The Kier molecular flexibility index (Phi) is 2.97. The van der Waals surface area contributed by atoms with Crippen LogP contribution in [0.2, 0.25) is 0 Å². The highest BCUT2D eigenvalue weighted by Crippen LogP contribution is 2.55. The molecule has 1 unspecified atom stereocenters. The zero-order chi connectivity index (χ0) is 13.4. The number of primary amides is 1. The first-order chi connectivity index (χ1) is 8.43. The fourth-order valence-electron chi connectivity index (χ4n) is 2.21. The fraction of sp³-hybridized carbons (Fsp3) is 0.500. The third-order valence-corrected chi connectivity index (χ3v) is 4.19. The standard InChI is InChI=1S/C14H20N2O2/c1-13(8-9-13)14(2,12(15)17)16-10-6-4-5-7-11(10)18-3/h4-7,16H,8-9H2,1-3H3,(H2,15,17). The molecule has 1 atom stereocenters. The van der Waals surface area contributed by atoms with Crippen LogP contribution in [0.4, 0.5) is 5.69 Å². The molecule has 1 aliphatic rings. The maximum absolute atomic E-state index is 11.8. The average Bonchev–Trinajstić information content (AvgIpc) is 3.09. The lowest BCUT2D eigenvalue weighted by Crippen LogP contribution is -2.54. The van der Waals surface area contributed by atoms with E-state index < -0.39 is 5.54 Å². The molecule has 4 heteroatoms. The highest BCUT2D eigenvalue weighted by atomic mass is 16.5. The number of benzene rings is 1. The normalized spacial score (nSPS) is 19.7. The van der Waals surface area contributed by atoms with Crippen molar-refractivity contribution in [2.24, 2.45) is 11.1 Å². The lowest BCUT2D eigenvalue weighted by Gasteiger charge is -2.35. The fourth-order valence-corrected chi connectivity index (χ4v) is 2.21. The summed E-state index contributed by atoms with van der Waals surface area (Å²) in [5, 5.41) is 3.28. The molecule has 1 aliphatic carbocycles. The van der Waals surface area contributed by atoms with Gasteiger partial charge in [-0.15, -0.1) is 0 Å². The van der Waals surface area contributed by atoms with Crippen molar-refractivity contribution in [1.82, 2.24) is 0 Å². The number of hydrogen-bond acceptors (Lipinski definition) is 3. The SMILES string of the molecule is COc1ccccc1NC(C)(C(N)=O)C1(C)CC1. The molecule has 1 aromatic carbocycles. The molecule has 0 bridgehead atoms. The van der Waals surface area contributed by atoms with Crippen LogP contribution >= 0.6 is 0 Å². The number of anilines is 1. The zero-order valence-electron chi connectivity index (χ0n) is 11.1. The second-order valence-corrected chi connectivity index (χ2v) is 5.38. The molecule has 0 aliphatic heterocycles. The van der Waals surface area contributed by atoms with E-state index >= 15 is 0 Å². The van der Waals surface area contributed by atoms with Crippen LogP contribution in [0.15, 0.2) is 24.3 Å². The van der Waals surface area contributed by atoms with E-state index in [1.54, 1.807) is 7.11 Å². The molecule has 4 nitrogen and oxygen atoms in total. The van der Waals surface area contributed by atoms with Gasteiger partial charge in [0.1, 0.15) is 11.3 Å². The van der Waals surface area contributed by atoms with Gasteiger partial charge in [0, 0.05) is 0 Å². The van der Waals surface area contributed by atoms with Gasteiger partial charge in [0.15, 0.2) is 0 Å². The summed E-state index contributed by atoms with van der Waals surface area (Å²) < 4.78 is 5.29. The quantitative estimate of drug-likeness (QED) is 0.839. The second-order valence-electron chi connectivity index (χ2n) is 5.38. The van der Waals surface area contributed by atoms with Crippen molar-refractivity contribution in [3.8, 4) is 5.75 Å². The summed E-state index contributed by atoms with van der Waals surface area (Å²) in [5.74, 6) is 0.391. The Morgan fingerprint density at radius 2 is 2.06 bits per heavy atom. The Labute approximate surface area is 108 Å². The predicted octanol–water partition coefficient (Wildman–Crippen LogP) is 2.15. The number of hydrogen-bond donors (Lipinski definition) is 2. The molecule has 1 saturated carbocycles. The minimum atomic E-state index is -0.748. The molecule has 2 rings (SSSR count). The van der Waals surface area contributed by atoms with Crippen LogP contribution in [0, 0.1) is 5.41 Å². The number of nitrogens with one attached hydrogen (secondary N) is 1. The molecule has 18 heavy (non-hydrogen) atoms. The second kappa shape index (κ2) is 4.19. The molecule has 3 N–H and O–H groups in total. The molecule has 1 aromatic rings. The lowest BCUT2D eigenvalue weighted by atomic mass is 9.82. The van der Waals surface area contributed by atoms with Gasteiger partial charge in [0.25, 0.3) is 0 Å². The number of nitrogens with two attached hydrogens (primary N) is 1. The molecular formula is C14H20N2O2. The van der Waals surface area contributed by atoms with Crippen molar-refractivity contribution in [3.63, 3.8) is 0 Å². The van der Waals surface area contributed by atoms with E-state index in [4.69, 9.17) is 10.5 Å².